The first-order valence-electron chi connectivity index (χ1n) is 5.40. The smallest absolute Gasteiger partial charge is 0.126 e. The summed E-state index contributed by atoms with van der Waals surface area (Å²) >= 11 is 0. The molecule has 0 aliphatic carbocycles. The van der Waals surface area contributed by atoms with Gasteiger partial charge >= 0.3 is 0 Å². The molecule has 1 aliphatic rings. The quantitative estimate of drug-likeness (QED) is 0.557. The van der Waals surface area contributed by atoms with E-state index in [1.54, 1.807) is 7.11 Å². The fraction of sp³-hybridized carbons (Fsp3) is 0.909. The van der Waals surface area contributed by atoms with E-state index in [1.165, 1.54) is 0 Å². The third-order valence-corrected chi connectivity index (χ3v) is 2.62. The predicted molar refractivity (Wildman–Crippen MR) is 60.4 cm³/mol. The third-order valence-electron chi connectivity index (χ3n) is 2.62. The number of nitrogens with zero attached hydrogens (tertiary/aromatic N) is 1. The van der Waals surface area contributed by atoms with Crippen molar-refractivity contribution >= 4 is 5.84 Å². The van der Waals surface area contributed by atoms with E-state index in [1.807, 2.05) is 4.90 Å². The lowest BCUT2D eigenvalue weighted by molar-refractivity contribution is 0.0343. The highest BCUT2D eigenvalue weighted by Crippen LogP contribution is 2.24. The molecule has 0 aromatic carbocycles. The van der Waals surface area contributed by atoms with Crippen LogP contribution >= 0.6 is 0 Å². The molecule has 1 rings (SSSR count). The maximum absolute atomic E-state index is 8.14. The number of morpholine rings is 1. The molecule has 0 bridgehead atoms. The van der Waals surface area contributed by atoms with E-state index in [2.05, 4.69) is 20.8 Å². The number of methoxy groups -OCH3 is 1. The summed E-state index contributed by atoms with van der Waals surface area (Å²) in [6.45, 7) is 9.30. The zero-order valence-electron chi connectivity index (χ0n) is 10.2. The van der Waals surface area contributed by atoms with Crippen LogP contribution in [0.2, 0.25) is 0 Å². The topological polar surface area (TPSA) is 45.5 Å². The molecule has 0 aromatic heterocycles. The molecule has 88 valence electrons. The van der Waals surface area contributed by atoms with Crippen LogP contribution in [0, 0.1) is 10.8 Å². The molecule has 1 saturated heterocycles. The van der Waals surface area contributed by atoms with Crippen LogP contribution < -0.4 is 0 Å². The van der Waals surface area contributed by atoms with Gasteiger partial charge in [-0.1, -0.05) is 20.8 Å². The summed E-state index contributed by atoms with van der Waals surface area (Å²) in [5.74, 6) is 0.577. The van der Waals surface area contributed by atoms with Crippen molar-refractivity contribution in [2.75, 3.05) is 33.4 Å². The number of hydrogen-bond acceptors (Lipinski definition) is 3. The molecule has 0 radical (unpaired) electrons. The summed E-state index contributed by atoms with van der Waals surface area (Å²) in [5, 5.41) is 8.14. The van der Waals surface area contributed by atoms with E-state index in [-0.39, 0.29) is 11.5 Å². The van der Waals surface area contributed by atoms with Crippen molar-refractivity contribution in [3.63, 3.8) is 0 Å². The second-order valence-electron chi connectivity index (χ2n) is 4.97. The Kier molecular flexibility index (Phi) is 4.11. The second-order valence-corrected chi connectivity index (χ2v) is 4.97. The molecule has 0 spiro atoms. The molecule has 0 saturated carbocycles. The Hall–Kier alpha value is -0.610. The molecule has 4 nitrogen and oxygen atoms in total. The SMILES string of the molecule is COC(C(=N)N1CCOCC1)C(C)(C)C. The molecule has 0 amide bonds. The van der Waals surface area contributed by atoms with Crippen molar-refractivity contribution in [2.45, 2.75) is 26.9 Å². The van der Waals surface area contributed by atoms with Crippen molar-refractivity contribution < 1.29 is 9.47 Å². The minimum Gasteiger partial charge on any atom is -0.378 e. The van der Waals surface area contributed by atoms with Gasteiger partial charge in [-0.05, 0) is 5.41 Å². The van der Waals surface area contributed by atoms with Crippen molar-refractivity contribution in [3.05, 3.63) is 0 Å². The van der Waals surface area contributed by atoms with Gasteiger partial charge in [-0.25, -0.2) is 0 Å². The zero-order valence-corrected chi connectivity index (χ0v) is 10.2. The molecule has 4 heteroatoms. The van der Waals surface area contributed by atoms with E-state index in [4.69, 9.17) is 14.9 Å². The fourth-order valence-corrected chi connectivity index (χ4v) is 1.85. The van der Waals surface area contributed by atoms with E-state index in [0.29, 0.717) is 19.0 Å². The highest BCUT2D eigenvalue weighted by atomic mass is 16.5. The molecule has 15 heavy (non-hydrogen) atoms. The standard InChI is InChI=1S/C11H22N2O2/c1-11(2,3)9(14-4)10(12)13-5-7-15-8-6-13/h9,12H,5-8H2,1-4H3. The van der Waals surface area contributed by atoms with Crippen LogP contribution in [-0.4, -0.2) is 50.3 Å². The Labute approximate surface area is 92.1 Å². The third kappa shape index (κ3) is 3.18. The Bertz CT molecular complexity index is 217. The van der Waals surface area contributed by atoms with Gasteiger partial charge in [0.15, 0.2) is 0 Å². The Morgan fingerprint density at radius 2 is 1.87 bits per heavy atom. The Balaban J connectivity index is 2.63. The van der Waals surface area contributed by atoms with Gasteiger partial charge in [0, 0.05) is 20.2 Å². The molecular formula is C11H22N2O2. The normalized spacial score (nSPS) is 20.1. The monoisotopic (exact) mass is 214 g/mol. The Morgan fingerprint density at radius 3 is 2.27 bits per heavy atom. The molecule has 1 aliphatic heterocycles. The van der Waals surface area contributed by atoms with Crippen molar-refractivity contribution in [3.8, 4) is 0 Å². The number of amidine groups is 1. The number of ether oxygens (including phenoxy) is 2. The molecule has 1 heterocycles. The first-order chi connectivity index (χ1) is 6.96. The first kappa shape index (κ1) is 12.5. The maximum Gasteiger partial charge on any atom is 0.126 e. The summed E-state index contributed by atoms with van der Waals surface area (Å²) < 4.78 is 10.7. The molecular weight excluding hydrogens is 192 g/mol. The first-order valence-corrected chi connectivity index (χ1v) is 5.40. The van der Waals surface area contributed by atoms with E-state index < -0.39 is 0 Å². The minimum absolute atomic E-state index is 0.0376. The van der Waals surface area contributed by atoms with Crippen LogP contribution in [0.5, 0.6) is 0 Å². The number of hydrogen-bond donors (Lipinski definition) is 1. The predicted octanol–water partition coefficient (Wildman–Crippen LogP) is 1.36. The Morgan fingerprint density at radius 1 is 1.33 bits per heavy atom. The fourth-order valence-electron chi connectivity index (χ4n) is 1.85. The molecule has 1 fully saturated rings. The number of nitrogens with one attached hydrogen (secondary N) is 1. The van der Waals surface area contributed by atoms with Crippen LogP contribution in [0.15, 0.2) is 0 Å². The van der Waals surface area contributed by atoms with Crippen LogP contribution in [0.4, 0.5) is 0 Å². The van der Waals surface area contributed by atoms with Gasteiger partial charge in [0.25, 0.3) is 0 Å². The largest absolute Gasteiger partial charge is 0.378 e. The van der Waals surface area contributed by atoms with Crippen molar-refractivity contribution in [1.82, 2.24) is 4.90 Å². The lowest BCUT2D eigenvalue weighted by Crippen LogP contribution is -2.49. The van der Waals surface area contributed by atoms with Crippen LogP contribution in [0.3, 0.4) is 0 Å². The molecule has 1 unspecified atom stereocenters. The lowest BCUT2D eigenvalue weighted by atomic mass is 9.87. The lowest BCUT2D eigenvalue weighted by Gasteiger charge is -2.37. The van der Waals surface area contributed by atoms with Gasteiger partial charge in [-0.15, -0.1) is 0 Å². The van der Waals surface area contributed by atoms with Gasteiger partial charge in [0.2, 0.25) is 0 Å². The molecule has 1 N–H and O–H groups in total. The summed E-state index contributed by atoms with van der Waals surface area (Å²) in [5.41, 5.74) is -0.0376. The maximum atomic E-state index is 8.14. The zero-order chi connectivity index (χ0) is 11.5. The summed E-state index contributed by atoms with van der Waals surface area (Å²) in [7, 11) is 1.67. The van der Waals surface area contributed by atoms with Gasteiger partial charge in [0.1, 0.15) is 11.9 Å². The van der Waals surface area contributed by atoms with Gasteiger partial charge in [-0.2, -0.15) is 0 Å². The molecule has 1 atom stereocenters. The van der Waals surface area contributed by atoms with Crippen molar-refractivity contribution in [2.24, 2.45) is 5.41 Å². The highest BCUT2D eigenvalue weighted by Gasteiger charge is 2.31. The highest BCUT2D eigenvalue weighted by molar-refractivity contribution is 5.84. The van der Waals surface area contributed by atoms with E-state index in [0.717, 1.165) is 13.1 Å². The number of rotatable bonds is 2. The minimum atomic E-state index is -0.143. The summed E-state index contributed by atoms with van der Waals surface area (Å²) in [4.78, 5) is 2.04. The van der Waals surface area contributed by atoms with Crippen molar-refractivity contribution in [1.29, 1.82) is 5.41 Å². The van der Waals surface area contributed by atoms with Gasteiger partial charge < -0.3 is 14.4 Å². The van der Waals surface area contributed by atoms with E-state index >= 15 is 0 Å². The second kappa shape index (κ2) is 4.94. The van der Waals surface area contributed by atoms with Gasteiger partial charge in [-0.3, -0.25) is 5.41 Å². The van der Waals surface area contributed by atoms with Crippen LogP contribution in [0.1, 0.15) is 20.8 Å². The average molecular weight is 214 g/mol. The molecule has 0 aromatic rings. The summed E-state index contributed by atoms with van der Waals surface area (Å²) in [6, 6.07) is 0. The van der Waals surface area contributed by atoms with Crippen LogP contribution in [0.25, 0.3) is 0 Å². The summed E-state index contributed by atoms with van der Waals surface area (Å²) in [6.07, 6.45) is -0.143. The van der Waals surface area contributed by atoms with E-state index in [9.17, 15) is 0 Å². The van der Waals surface area contributed by atoms with Gasteiger partial charge in [0.05, 0.1) is 13.2 Å². The van der Waals surface area contributed by atoms with Crippen LogP contribution in [-0.2, 0) is 9.47 Å². The average Bonchev–Trinajstić information content (AvgIpc) is 2.18.